The molecule has 0 saturated carbocycles. The lowest BCUT2D eigenvalue weighted by Gasteiger charge is -2.32. The van der Waals surface area contributed by atoms with Crippen molar-refractivity contribution in [2.75, 3.05) is 14.1 Å². The maximum atomic E-state index is 11.3. The van der Waals surface area contributed by atoms with Crippen molar-refractivity contribution >= 4 is 16.9 Å². The highest BCUT2D eigenvalue weighted by Crippen LogP contribution is 2.51. The molecule has 1 heterocycles. The molecule has 3 nitrogen and oxygen atoms in total. The van der Waals surface area contributed by atoms with E-state index in [0.717, 1.165) is 17.2 Å². The van der Waals surface area contributed by atoms with Gasteiger partial charge in [0, 0.05) is 19.7 Å². The summed E-state index contributed by atoms with van der Waals surface area (Å²) >= 11 is 1.68. The molecule has 1 aliphatic carbocycles. The Labute approximate surface area is 125 Å². The fourth-order valence-electron chi connectivity index (χ4n) is 3.15. The summed E-state index contributed by atoms with van der Waals surface area (Å²) in [6, 6.07) is 6.57. The molecular weight excluding hydrogens is 268 g/mol. The summed E-state index contributed by atoms with van der Waals surface area (Å²) in [5, 5.41) is 12.3. The van der Waals surface area contributed by atoms with Gasteiger partial charge in [0.2, 0.25) is 0 Å². The van der Waals surface area contributed by atoms with Crippen LogP contribution in [-0.4, -0.2) is 34.5 Å². The van der Waals surface area contributed by atoms with Gasteiger partial charge in [-0.2, -0.15) is 0 Å². The van der Waals surface area contributed by atoms with Crippen LogP contribution in [0.1, 0.15) is 37.5 Å². The molecule has 1 N–H and O–H groups in total. The van der Waals surface area contributed by atoms with Gasteiger partial charge in [-0.15, -0.1) is 0 Å². The number of thioether (sulfide) groups is 1. The fraction of sp³-hybridized carbons (Fsp3) is 0.562. The third-order valence-corrected chi connectivity index (χ3v) is 5.91. The SMILES string of the molecule is C/N=C1\SC2Cc3ccc(C(C)(C)C)cc3C2(O)N1C. The van der Waals surface area contributed by atoms with Crippen molar-refractivity contribution in [3.63, 3.8) is 0 Å². The Hall–Kier alpha value is -1.00. The van der Waals surface area contributed by atoms with Crippen molar-refractivity contribution in [3.05, 3.63) is 34.9 Å². The lowest BCUT2D eigenvalue weighted by Crippen LogP contribution is -2.44. The lowest BCUT2D eigenvalue weighted by atomic mass is 9.85. The van der Waals surface area contributed by atoms with E-state index in [9.17, 15) is 5.11 Å². The molecule has 4 heteroatoms. The molecule has 2 aliphatic rings. The van der Waals surface area contributed by atoms with E-state index in [1.54, 1.807) is 18.8 Å². The highest BCUT2D eigenvalue weighted by Gasteiger charge is 2.55. The normalized spacial score (nSPS) is 30.8. The quantitative estimate of drug-likeness (QED) is 0.798. The monoisotopic (exact) mass is 290 g/mol. The Morgan fingerprint density at radius 1 is 1.40 bits per heavy atom. The fourth-order valence-corrected chi connectivity index (χ4v) is 4.52. The van der Waals surface area contributed by atoms with Gasteiger partial charge in [-0.3, -0.25) is 4.99 Å². The first-order valence-corrected chi connectivity index (χ1v) is 7.90. The number of hydrogen-bond acceptors (Lipinski definition) is 3. The first-order chi connectivity index (χ1) is 9.28. The highest BCUT2D eigenvalue weighted by molar-refractivity contribution is 8.14. The summed E-state index contributed by atoms with van der Waals surface area (Å²) in [5.41, 5.74) is 2.78. The second-order valence-electron chi connectivity index (χ2n) is 6.72. The predicted octanol–water partition coefficient (Wildman–Crippen LogP) is 2.72. The average Bonchev–Trinajstić information content (AvgIpc) is 2.79. The zero-order chi connectivity index (χ0) is 14.7. The van der Waals surface area contributed by atoms with Crippen molar-refractivity contribution in [2.45, 2.75) is 43.6 Å². The maximum Gasteiger partial charge on any atom is 0.178 e. The minimum Gasteiger partial charge on any atom is -0.366 e. The minimum atomic E-state index is -0.907. The molecule has 2 atom stereocenters. The van der Waals surface area contributed by atoms with Crippen LogP contribution in [0.5, 0.6) is 0 Å². The zero-order valence-corrected chi connectivity index (χ0v) is 13.6. The van der Waals surface area contributed by atoms with E-state index in [-0.39, 0.29) is 10.7 Å². The standard InChI is InChI=1S/C16H22N2OS/c1-15(2,3)11-7-6-10-8-13-16(19,12(10)9-11)18(5)14(17-4)20-13/h6-7,9,13,19H,8H2,1-5H3/b17-14-. The molecule has 3 rings (SSSR count). The van der Waals surface area contributed by atoms with Gasteiger partial charge in [-0.25, -0.2) is 0 Å². The number of aliphatic hydroxyl groups is 1. The molecular formula is C16H22N2OS. The Morgan fingerprint density at radius 2 is 2.10 bits per heavy atom. The van der Waals surface area contributed by atoms with E-state index < -0.39 is 5.72 Å². The Morgan fingerprint density at radius 3 is 2.70 bits per heavy atom. The lowest BCUT2D eigenvalue weighted by molar-refractivity contribution is -0.0497. The molecule has 108 valence electrons. The van der Waals surface area contributed by atoms with Crippen LogP contribution >= 0.6 is 11.8 Å². The summed E-state index contributed by atoms with van der Waals surface area (Å²) in [5.74, 6) is 0. The Bertz CT molecular complexity index is 591. The first kappa shape index (κ1) is 14.0. The minimum absolute atomic E-state index is 0.0927. The van der Waals surface area contributed by atoms with Gasteiger partial charge in [-0.05, 0) is 23.0 Å². The van der Waals surface area contributed by atoms with E-state index in [1.165, 1.54) is 11.1 Å². The topological polar surface area (TPSA) is 35.8 Å². The first-order valence-electron chi connectivity index (χ1n) is 7.02. The number of hydrogen-bond donors (Lipinski definition) is 1. The van der Waals surface area contributed by atoms with E-state index in [4.69, 9.17) is 0 Å². The van der Waals surface area contributed by atoms with Crippen LogP contribution < -0.4 is 0 Å². The van der Waals surface area contributed by atoms with Gasteiger partial charge < -0.3 is 10.0 Å². The predicted molar refractivity (Wildman–Crippen MR) is 85.2 cm³/mol. The number of benzene rings is 1. The van der Waals surface area contributed by atoms with Crippen LogP contribution in [0.15, 0.2) is 23.2 Å². The summed E-state index contributed by atoms with van der Waals surface area (Å²) < 4.78 is 0. The van der Waals surface area contributed by atoms with E-state index >= 15 is 0 Å². The van der Waals surface area contributed by atoms with Crippen LogP contribution in [0, 0.1) is 0 Å². The largest absolute Gasteiger partial charge is 0.366 e. The third kappa shape index (κ3) is 1.74. The van der Waals surface area contributed by atoms with Gasteiger partial charge >= 0.3 is 0 Å². The number of rotatable bonds is 0. The van der Waals surface area contributed by atoms with Gasteiger partial charge in [0.05, 0.1) is 5.25 Å². The molecule has 1 saturated heterocycles. The number of fused-ring (bicyclic) bond motifs is 3. The smallest absolute Gasteiger partial charge is 0.178 e. The number of amidine groups is 1. The summed E-state index contributed by atoms with van der Waals surface area (Å²) in [6.07, 6.45) is 0.907. The molecule has 0 spiro atoms. The van der Waals surface area contributed by atoms with Gasteiger partial charge in [0.1, 0.15) is 0 Å². The Kier molecular flexibility index (Phi) is 2.96. The van der Waals surface area contributed by atoms with Crippen LogP contribution in [0.3, 0.4) is 0 Å². The van der Waals surface area contributed by atoms with Crippen molar-refractivity contribution in [2.24, 2.45) is 4.99 Å². The molecule has 1 aliphatic heterocycles. The second kappa shape index (κ2) is 4.25. The van der Waals surface area contributed by atoms with Crippen LogP contribution in [-0.2, 0) is 17.6 Å². The van der Waals surface area contributed by atoms with Crippen LogP contribution in [0.2, 0.25) is 0 Å². The van der Waals surface area contributed by atoms with Crippen molar-refractivity contribution in [1.82, 2.24) is 4.90 Å². The van der Waals surface area contributed by atoms with Crippen LogP contribution in [0.4, 0.5) is 0 Å². The zero-order valence-electron chi connectivity index (χ0n) is 12.8. The molecule has 20 heavy (non-hydrogen) atoms. The maximum absolute atomic E-state index is 11.3. The number of aliphatic imine (C=N–C) groups is 1. The van der Waals surface area contributed by atoms with E-state index in [0.29, 0.717) is 0 Å². The summed E-state index contributed by atoms with van der Waals surface area (Å²) in [7, 11) is 3.73. The van der Waals surface area contributed by atoms with E-state index in [2.05, 4.69) is 44.0 Å². The van der Waals surface area contributed by atoms with Crippen LogP contribution in [0.25, 0.3) is 0 Å². The Balaban J connectivity index is 2.13. The summed E-state index contributed by atoms with van der Waals surface area (Å²) in [4.78, 5) is 6.22. The molecule has 2 unspecified atom stereocenters. The molecule has 1 aromatic carbocycles. The van der Waals surface area contributed by atoms with Crippen molar-refractivity contribution < 1.29 is 5.11 Å². The van der Waals surface area contributed by atoms with Gasteiger partial charge in [-0.1, -0.05) is 50.7 Å². The molecule has 1 aromatic rings. The molecule has 0 aromatic heterocycles. The average molecular weight is 290 g/mol. The molecule has 1 fully saturated rings. The molecule has 0 bridgehead atoms. The molecule has 0 radical (unpaired) electrons. The summed E-state index contributed by atoms with van der Waals surface area (Å²) in [6.45, 7) is 6.62. The van der Waals surface area contributed by atoms with Crippen molar-refractivity contribution in [3.8, 4) is 0 Å². The van der Waals surface area contributed by atoms with Gasteiger partial charge in [0.15, 0.2) is 10.9 Å². The molecule has 0 amide bonds. The van der Waals surface area contributed by atoms with Gasteiger partial charge in [0.25, 0.3) is 0 Å². The second-order valence-corrected chi connectivity index (χ2v) is 7.89. The van der Waals surface area contributed by atoms with E-state index in [1.807, 2.05) is 11.9 Å². The van der Waals surface area contributed by atoms with Crippen molar-refractivity contribution in [1.29, 1.82) is 0 Å². The highest BCUT2D eigenvalue weighted by atomic mass is 32.2. The number of nitrogens with zero attached hydrogens (tertiary/aromatic N) is 2. The third-order valence-electron chi connectivity index (χ3n) is 4.46.